The van der Waals surface area contributed by atoms with Crippen molar-refractivity contribution in [2.45, 2.75) is 71.3 Å². The van der Waals surface area contributed by atoms with Gasteiger partial charge in [-0.3, -0.25) is 4.79 Å². The van der Waals surface area contributed by atoms with Crippen molar-refractivity contribution in [3.8, 4) is 5.75 Å². The van der Waals surface area contributed by atoms with Crippen LogP contribution in [0.15, 0.2) is 47.2 Å². The molecule has 0 saturated carbocycles. The van der Waals surface area contributed by atoms with Crippen molar-refractivity contribution in [1.82, 2.24) is 9.80 Å². The van der Waals surface area contributed by atoms with Gasteiger partial charge in [0, 0.05) is 25.6 Å². The van der Waals surface area contributed by atoms with Gasteiger partial charge in [0.25, 0.3) is 0 Å². The highest BCUT2D eigenvalue weighted by molar-refractivity contribution is 8.36. The van der Waals surface area contributed by atoms with Crippen LogP contribution in [0.4, 0.5) is 0 Å². The van der Waals surface area contributed by atoms with Crippen molar-refractivity contribution in [2.24, 2.45) is 0 Å². The maximum absolute atomic E-state index is 12.3. The van der Waals surface area contributed by atoms with Crippen LogP contribution >= 0.6 is 9.50 Å². The van der Waals surface area contributed by atoms with Crippen molar-refractivity contribution >= 4 is 24.6 Å². The minimum atomic E-state index is -3.67. The van der Waals surface area contributed by atoms with E-state index in [0.29, 0.717) is 24.1 Å². The van der Waals surface area contributed by atoms with Gasteiger partial charge in [-0.15, -0.1) is 8.42 Å². The Balaban J connectivity index is 1.47. The van der Waals surface area contributed by atoms with Crippen LogP contribution in [-0.4, -0.2) is 56.3 Å². The Bertz CT molecular complexity index is 975. The van der Waals surface area contributed by atoms with Crippen LogP contribution < -0.4 is 4.18 Å². The molecule has 0 aliphatic carbocycles. The van der Waals surface area contributed by atoms with Gasteiger partial charge in [0.2, 0.25) is 5.91 Å². The molecule has 1 fully saturated rings. The molecule has 3 rings (SSSR count). The average molecular weight is 508 g/mol. The van der Waals surface area contributed by atoms with Gasteiger partial charge >= 0.3 is 9.15 Å². The predicted octanol–water partition coefficient (Wildman–Crippen LogP) is 5.43. The minimum absolute atomic E-state index is 0.327. The zero-order chi connectivity index (χ0) is 24.4. The smallest absolute Gasteiger partial charge is 0.343 e. The molecule has 1 unspecified atom stereocenters. The van der Waals surface area contributed by atoms with E-state index in [9.17, 15) is 13.2 Å². The first-order valence-electron chi connectivity index (χ1n) is 12.5. The number of likely N-dealkylation sites (tertiary alicyclic amines) is 1. The van der Waals surface area contributed by atoms with Crippen LogP contribution in [0.5, 0.6) is 5.75 Å². The summed E-state index contributed by atoms with van der Waals surface area (Å²) in [6.45, 7) is 8.33. The molecule has 0 N–H and O–H groups in total. The lowest BCUT2D eigenvalue weighted by atomic mass is 10.0. The third-order valence-corrected chi connectivity index (χ3v) is 10.4. The highest BCUT2D eigenvalue weighted by Crippen LogP contribution is 2.28. The Hall–Kier alpha value is -1.90. The summed E-state index contributed by atoms with van der Waals surface area (Å²) in [5.74, 6) is 0.680. The standard InChI is InChI=1S/C26H39N2O4S2/c1-3-16-27(17-7-8-19-28-18-6-4-5-11-26(28)29)23(2)22-24-12-14-25(15-13-24)32-34(30,31)33-20-9-10-21-33/h9-10,12-15,20-21,23H,3-8,11,16-19,22H2,1-2H3/q+1. The molecule has 2 aromatic rings. The third-order valence-electron chi connectivity index (χ3n) is 6.35. The topological polar surface area (TPSA) is 66.9 Å². The zero-order valence-electron chi connectivity index (χ0n) is 20.5. The van der Waals surface area contributed by atoms with Crippen molar-refractivity contribution in [1.29, 1.82) is 0 Å². The molecule has 1 aliphatic heterocycles. The van der Waals surface area contributed by atoms with Gasteiger partial charge in [0.1, 0.15) is 15.3 Å². The van der Waals surface area contributed by atoms with Crippen LogP contribution in [0.25, 0.3) is 0 Å². The number of nitrogens with zero attached hydrogens (tertiary/aromatic N) is 2. The van der Waals surface area contributed by atoms with Crippen LogP contribution in [0, 0.1) is 0 Å². The van der Waals surface area contributed by atoms with E-state index in [4.69, 9.17) is 4.18 Å². The average Bonchev–Trinajstić information content (AvgIpc) is 3.29. The largest absolute Gasteiger partial charge is 0.524 e. The number of rotatable bonds is 13. The Morgan fingerprint density at radius 2 is 1.79 bits per heavy atom. The number of thiophene rings is 1. The molecule has 6 nitrogen and oxygen atoms in total. The fourth-order valence-corrected chi connectivity index (χ4v) is 7.42. The molecule has 1 aromatic carbocycles. The van der Waals surface area contributed by atoms with Crippen LogP contribution in [0.3, 0.4) is 0 Å². The number of amides is 1. The van der Waals surface area contributed by atoms with Crippen molar-refractivity contribution in [3.63, 3.8) is 0 Å². The van der Waals surface area contributed by atoms with E-state index in [1.165, 1.54) is 6.42 Å². The second-order valence-electron chi connectivity index (χ2n) is 9.11. The number of carbonyl (C=O) groups is 1. The molecule has 1 saturated heterocycles. The van der Waals surface area contributed by atoms with Crippen LogP contribution in [-0.2, 0) is 20.4 Å². The lowest BCUT2D eigenvalue weighted by molar-refractivity contribution is -0.130. The summed E-state index contributed by atoms with van der Waals surface area (Å²) in [6, 6.07) is 11.2. The molecule has 8 heteroatoms. The Kier molecular flexibility index (Phi) is 10.4. The second kappa shape index (κ2) is 13.3. The van der Waals surface area contributed by atoms with E-state index in [1.54, 1.807) is 35.0 Å². The molecule has 1 amide bonds. The van der Waals surface area contributed by atoms with E-state index < -0.39 is 18.7 Å². The highest BCUT2D eigenvalue weighted by Gasteiger charge is 2.26. The molecule has 0 bridgehead atoms. The Morgan fingerprint density at radius 1 is 1.06 bits per heavy atom. The van der Waals surface area contributed by atoms with Gasteiger partial charge in [-0.25, -0.2) is 0 Å². The molecule has 1 atom stereocenters. The Morgan fingerprint density at radius 3 is 2.50 bits per heavy atom. The molecule has 1 aliphatic rings. The fourth-order valence-electron chi connectivity index (χ4n) is 4.47. The summed E-state index contributed by atoms with van der Waals surface area (Å²) in [7, 11) is -4.68. The highest BCUT2D eigenvalue weighted by atomic mass is 33.2. The zero-order valence-corrected chi connectivity index (χ0v) is 22.2. The summed E-state index contributed by atoms with van der Waals surface area (Å²) in [5.41, 5.74) is 1.16. The first-order valence-corrected chi connectivity index (χ1v) is 15.8. The molecule has 34 heavy (non-hydrogen) atoms. The molecular formula is C26H39N2O4S2+. The lowest BCUT2D eigenvalue weighted by Gasteiger charge is -2.29. The third kappa shape index (κ3) is 8.10. The van der Waals surface area contributed by atoms with E-state index in [-0.39, 0.29) is 0 Å². The first-order chi connectivity index (χ1) is 16.4. The Labute approximate surface area is 207 Å². The van der Waals surface area contributed by atoms with E-state index in [2.05, 4.69) is 23.6 Å². The molecule has 0 spiro atoms. The first kappa shape index (κ1) is 26.7. The second-order valence-corrected chi connectivity index (χ2v) is 13.7. The summed E-state index contributed by atoms with van der Waals surface area (Å²) in [6.07, 6.45) is 8.18. The SMILES string of the molecule is CCCN(CCCCN1CCCCCC1=O)C(C)Cc1ccc(OS(=O)(=O)[s+]2cccc2)cc1. The molecule has 0 radical (unpaired) electrons. The molecule has 1 aromatic heterocycles. The van der Waals surface area contributed by atoms with Gasteiger partial charge in [0.05, 0.1) is 0 Å². The van der Waals surface area contributed by atoms with Gasteiger partial charge in [0.15, 0.2) is 10.8 Å². The van der Waals surface area contributed by atoms with Crippen molar-refractivity contribution in [3.05, 3.63) is 52.7 Å². The monoisotopic (exact) mass is 507 g/mol. The number of hydrogen-bond donors (Lipinski definition) is 0. The molecule has 2 heterocycles. The maximum Gasteiger partial charge on any atom is 0.524 e. The quantitative estimate of drug-likeness (QED) is 0.205. The lowest BCUT2D eigenvalue weighted by Crippen LogP contribution is -2.37. The predicted molar refractivity (Wildman–Crippen MR) is 140 cm³/mol. The van der Waals surface area contributed by atoms with Gasteiger partial charge in [-0.05, 0) is 88.4 Å². The minimum Gasteiger partial charge on any atom is -0.343 e. The molecule has 188 valence electrons. The van der Waals surface area contributed by atoms with E-state index in [1.807, 2.05) is 12.1 Å². The van der Waals surface area contributed by atoms with Gasteiger partial charge in [-0.1, -0.05) is 25.5 Å². The van der Waals surface area contributed by atoms with Crippen molar-refractivity contribution < 1.29 is 17.4 Å². The summed E-state index contributed by atoms with van der Waals surface area (Å²) >= 11 is 0. The maximum atomic E-state index is 12.3. The number of hydrogen-bond acceptors (Lipinski definition) is 5. The van der Waals surface area contributed by atoms with Crippen LogP contribution in [0.2, 0.25) is 0 Å². The van der Waals surface area contributed by atoms with Gasteiger partial charge < -0.3 is 14.0 Å². The fraction of sp³-hybridized carbons (Fsp3) is 0.577. The van der Waals surface area contributed by atoms with E-state index >= 15 is 0 Å². The van der Waals surface area contributed by atoms with Gasteiger partial charge in [-0.2, -0.15) is 0 Å². The number of benzene rings is 1. The summed E-state index contributed by atoms with van der Waals surface area (Å²) < 4.78 is 30.0. The van der Waals surface area contributed by atoms with E-state index in [0.717, 1.165) is 70.3 Å². The normalized spacial score (nSPS) is 16.0. The van der Waals surface area contributed by atoms with Crippen molar-refractivity contribution in [2.75, 3.05) is 26.2 Å². The summed E-state index contributed by atoms with van der Waals surface area (Å²) in [5, 5.41) is 3.28. The number of unbranched alkanes of at least 4 members (excludes halogenated alkanes) is 1. The summed E-state index contributed by atoms with van der Waals surface area (Å²) in [4.78, 5) is 16.8. The number of carbonyl (C=O) groups excluding carboxylic acids is 1. The molecular weight excluding hydrogens is 468 g/mol. The van der Waals surface area contributed by atoms with Crippen LogP contribution in [0.1, 0.15) is 64.4 Å².